The smallest absolute Gasteiger partial charge is 0.198 e. The van der Waals surface area contributed by atoms with E-state index in [2.05, 4.69) is 4.90 Å². The summed E-state index contributed by atoms with van der Waals surface area (Å²) in [6.45, 7) is 3.71. The largest absolute Gasteiger partial charge is 0.493 e. The Hall–Kier alpha value is -2.50. The minimum absolute atomic E-state index is 0.0287. The molecule has 0 radical (unpaired) electrons. The van der Waals surface area contributed by atoms with Gasteiger partial charge in [0, 0.05) is 6.54 Å². The van der Waals surface area contributed by atoms with Gasteiger partial charge >= 0.3 is 0 Å². The summed E-state index contributed by atoms with van der Waals surface area (Å²) in [6.07, 6.45) is 2.94. The number of benzene rings is 2. The lowest BCUT2D eigenvalue weighted by Crippen LogP contribution is -2.50. The van der Waals surface area contributed by atoms with Gasteiger partial charge in [0.1, 0.15) is 0 Å². The predicted molar refractivity (Wildman–Crippen MR) is 157 cm³/mol. The second-order valence-electron chi connectivity index (χ2n) is 10.2. The van der Waals surface area contributed by atoms with Crippen LogP contribution in [-0.4, -0.2) is 81.3 Å². The number of nitrogens with zero attached hydrogens (tertiary/aromatic N) is 1. The molecule has 3 rings (SSSR count). The molecule has 40 heavy (non-hydrogen) atoms. The number of methoxy groups -OCH3 is 3. The van der Waals surface area contributed by atoms with Gasteiger partial charge in [-0.05, 0) is 81.1 Å². The molecule has 224 valence electrons. The number of hydrogen-bond acceptors (Lipinski definition) is 9. The van der Waals surface area contributed by atoms with Gasteiger partial charge in [0.25, 0.3) is 0 Å². The van der Waals surface area contributed by atoms with Crippen molar-refractivity contribution in [2.75, 3.05) is 59.6 Å². The molecular weight excluding hydrogens is 554 g/mol. The van der Waals surface area contributed by atoms with Gasteiger partial charge in [-0.15, -0.1) is 0 Å². The van der Waals surface area contributed by atoms with Crippen LogP contribution in [0.2, 0.25) is 0 Å². The van der Waals surface area contributed by atoms with Crippen LogP contribution in [0.25, 0.3) is 0 Å². The van der Waals surface area contributed by atoms with E-state index in [9.17, 15) is 16.8 Å². The van der Waals surface area contributed by atoms with Crippen LogP contribution in [0.15, 0.2) is 36.4 Å². The second-order valence-corrected chi connectivity index (χ2v) is 15.1. The highest BCUT2D eigenvalue weighted by atomic mass is 32.3. The van der Waals surface area contributed by atoms with Crippen molar-refractivity contribution in [2.45, 2.75) is 49.5 Å². The van der Waals surface area contributed by atoms with Gasteiger partial charge in [-0.3, -0.25) is 0 Å². The average Bonchev–Trinajstić information content (AvgIpc) is 2.93. The van der Waals surface area contributed by atoms with Crippen LogP contribution in [0.5, 0.6) is 23.0 Å². The van der Waals surface area contributed by atoms with Crippen LogP contribution < -0.4 is 18.9 Å². The lowest BCUT2D eigenvalue weighted by Gasteiger charge is -2.37. The fraction of sp³-hybridized carbons (Fsp3) is 0.586. The van der Waals surface area contributed by atoms with Crippen molar-refractivity contribution in [3.63, 3.8) is 0 Å². The Kier molecular flexibility index (Phi) is 11.1. The zero-order valence-corrected chi connectivity index (χ0v) is 25.9. The quantitative estimate of drug-likeness (QED) is 0.279. The van der Waals surface area contributed by atoms with Crippen molar-refractivity contribution in [1.82, 2.24) is 4.90 Å². The van der Waals surface area contributed by atoms with E-state index >= 15 is 0 Å². The number of hydrogen-bond donors (Lipinski definition) is 0. The van der Waals surface area contributed by atoms with Crippen LogP contribution in [0, 0.1) is 0 Å². The third-order valence-electron chi connectivity index (χ3n) is 7.47. The van der Waals surface area contributed by atoms with Crippen LogP contribution in [0.1, 0.15) is 50.2 Å². The van der Waals surface area contributed by atoms with E-state index in [-0.39, 0.29) is 29.9 Å². The van der Waals surface area contributed by atoms with Crippen LogP contribution in [0.4, 0.5) is 0 Å². The first-order chi connectivity index (χ1) is 19.0. The molecule has 11 heteroatoms. The number of rotatable bonds is 15. The summed E-state index contributed by atoms with van der Waals surface area (Å²) in [6, 6.07) is 10.5. The van der Waals surface area contributed by atoms with Crippen LogP contribution >= 0.6 is 0 Å². The first-order valence-corrected chi connectivity index (χ1v) is 17.0. The average molecular weight is 598 g/mol. The summed E-state index contributed by atoms with van der Waals surface area (Å²) < 4.78 is 74.6. The highest BCUT2D eigenvalue weighted by Crippen LogP contribution is 2.47. The summed E-state index contributed by atoms with van der Waals surface area (Å²) in [7, 11) is -1.36. The first kappa shape index (κ1) is 32.0. The van der Waals surface area contributed by atoms with E-state index in [0.717, 1.165) is 24.8 Å². The Morgan fingerprint density at radius 2 is 1.43 bits per heavy atom. The molecule has 1 heterocycles. The van der Waals surface area contributed by atoms with Crippen LogP contribution in [0.3, 0.4) is 0 Å². The Bertz CT molecular complexity index is 1310. The minimum atomic E-state index is -4.00. The van der Waals surface area contributed by atoms with Crippen molar-refractivity contribution >= 4 is 19.7 Å². The molecule has 0 unspecified atom stereocenters. The van der Waals surface area contributed by atoms with Crippen molar-refractivity contribution in [3.05, 3.63) is 47.5 Å². The molecule has 0 aromatic heterocycles. The van der Waals surface area contributed by atoms with Crippen molar-refractivity contribution < 1.29 is 35.8 Å². The second kappa shape index (κ2) is 13.9. The fourth-order valence-electron chi connectivity index (χ4n) is 5.18. The molecule has 0 bridgehead atoms. The lowest BCUT2D eigenvalue weighted by molar-refractivity contribution is 0.287. The third kappa shape index (κ3) is 6.86. The zero-order chi connectivity index (χ0) is 29.4. The molecule has 2 aromatic carbocycles. The molecule has 1 aliphatic rings. The summed E-state index contributed by atoms with van der Waals surface area (Å²) in [4.78, 5) is 2.08. The van der Waals surface area contributed by atoms with Gasteiger partial charge in [0.05, 0.1) is 39.4 Å². The van der Waals surface area contributed by atoms with E-state index in [1.165, 1.54) is 7.11 Å². The topological polar surface area (TPSA) is 108 Å². The predicted octanol–water partition coefficient (Wildman–Crippen LogP) is 4.23. The molecule has 2 aromatic rings. The molecule has 0 atom stereocenters. The standard InChI is InChI=1S/C29H43NO8S2/c1-6-7-18-38-28-22-24(11-13-26(28)36-4)29(39(31,32)19-9-20-40(29,33)34)15-8-16-30(2)17-14-23-10-12-25(35-3)27(21-23)37-5/h10-13,21-22H,6-9,14-20H2,1-5H3. The number of sulfone groups is 2. The summed E-state index contributed by atoms with van der Waals surface area (Å²) in [5, 5.41) is 0. The summed E-state index contributed by atoms with van der Waals surface area (Å²) in [5.41, 5.74) is 1.31. The molecule has 9 nitrogen and oxygen atoms in total. The van der Waals surface area contributed by atoms with Gasteiger partial charge in [-0.25, -0.2) is 16.8 Å². The summed E-state index contributed by atoms with van der Waals surface area (Å²) >= 11 is 0. The maximum atomic E-state index is 13.7. The van der Waals surface area contributed by atoms with E-state index in [1.54, 1.807) is 32.4 Å². The maximum Gasteiger partial charge on any atom is 0.198 e. The molecule has 0 amide bonds. The van der Waals surface area contributed by atoms with E-state index in [0.29, 0.717) is 49.1 Å². The molecule has 0 spiro atoms. The molecule has 0 saturated carbocycles. The molecule has 0 N–H and O–H groups in total. The number of ether oxygens (including phenoxy) is 4. The minimum Gasteiger partial charge on any atom is -0.493 e. The molecular formula is C29H43NO8S2. The molecule has 1 fully saturated rings. The molecule has 0 aliphatic carbocycles. The monoisotopic (exact) mass is 597 g/mol. The van der Waals surface area contributed by atoms with Gasteiger partial charge < -0.3 is 23.8 Å². The highest BCUT2D eigenvalue weighted by molar-refractivity contribution is 8.10. The fourth-order valence-corrected chi connectivity index (χ4v) is 11.0. The van der Waals surface area contributed by atoms with E-state index in [4.69, 9.17) is 18.9 Å². The summed E-state index contributed by atoms with van der Waals surface area (Å²) in [5.74, 6) is 1.79. The van der Waals surface area contributed by atoms with Crippen molar-refractivity contribution in [1.29, 1.82) is 0 Å². The third-order valence-corrected chi connectivity index (χ3v) is 13.5. The Labute approximate surface area is 239 Å². The Balaban J connectivity index is 1.82. The van der Waals surface area contributed by atoms with Crippen molar-refractivity contribution in [2.24, 2.45) is 0 Å². The molecule has 1 aliphatic heterocycles. The van der Waals surface area contributed by atoms with Gasteiger partial charge in [-0.1, -0.05) is 25.5 Å². The Morgan fingerprint density at radius 1 is 0.800 bits per heavy atom. The van der Waals surface area contributed by atoms with Crippen LogP contribution in [-0.2, 0) is 30.2 Å². The lowest BCUT2D eigenvalue weighted by atomic mass is 10.1. The SMILES string of the molecule is CCCCOc1cc(C2(CCCN(C)CCc3ccc(OC)c(OC)c3)S(=O)(=O)CCCS2(=O)=O)ccc1OC. The first-order valence-electron chi connectivity index (χ1n) is 13.7. The highest BCUT2D eigenvalue weighted by Gasteiger charge is 2.57. The van der Waals surface area contributed by atoms with E-state index in [1.807, 2.05) is 32.2 Å². The number of unbranched alkanes of at least 4 members (excludes halogenated alkanes) is 1. The van der Waals surface area contributed by atoms with E-state index < -0.39 is 23.8 Å². The zero-order valence-electron chi connectivity index (χ0n) is 24.3. The maximum absolute atomic E-state index is 13.7. The van der Waals surface area contributed by atoms with Gasteiger partial charge in [-0.2, -0.15) is 0 Å². The van der Waals surface area contributed by atoms with Gasteiger partial charge in [0.2, 0.25) is 0 Å². The van der Waals surface area contributed by atoms with Crippen molar-refractivity contribution in [3.8, 4) is 23.0 Å². The number of likely N-dealkylation sites (N-methyl/N-ethyl adjacent to an activating group) is 1. The van der Waals surface area contributed by atoms with Gasteiger partial charge in [0.15, 0.2) is 46.8 Å². The normalized spacial score (nSPS) is 17.4. The molecule has 1 saturated heterocycles. The Morgan fingerprint density at radius 3 is 2.05 bits per heavy atom.